The van der Waals surface area contributed by atoms with Crippen molar-refractivity contribution in [2.75, 3.05) is 20.1 Å². The van der Waals surface area contributed by atoms with Gasteiger partial charge in [-0.1, -0.05) is 0 Å². The molecule has 0 aliphatic carbocycles. The standard InChI is InChI=1S/C10H15N5O/c1-14-4-8-2-3-12-15(8)7-10(6-14)5-11-9(16)13-10/h2-3H,4-7H2,1H3,(H2,11,13,16). The number of hydrogen-bond acceptors (Lipinski definition) is 3. The largest absolute Gasteiger partial charge is 0.336 e. The fourth-order valence-corrected chi connectivity index (χ4v) is 2.59. The zero-order valence-corrected chi connectivity index (χ0v) is 9.23. The summed E-state index contributed by atoms with van der Waals surface area (Å²) < 4.78 is 1.98. The molecule has 1 spiro atoms. The highest BCUT2D eigenvalue weighted by atomic mass is 16.2. The van der Waals surface area contributed by atoms with E-state index in [1.54, 1.807) is 0 Å². The summed E-state index contributed by atoms with van der Waals surface area (Å²) in [6.07, 6.45) is 1.81. The fourth-order valence-electron chi connectivity index (χ4n) is 2.59. The van der Waals surface area contributed by atoms with Gasteiger partial charge in [-0.15, -0.1) is 0 Å². The summed E-state index contributed by atoms with van der Waals surface area (Å²) in [6, 6.07) is 1.95. The number of nitrogens with zero attached hydrogens (tertiary/aromatic N) is 3. The van der Waals surface area contributed by atoms with Gasteiger partial charge >= 0.3 is 6.03 Å². The first-order chi connectivity index (χ1) is 7.67. The van der Waals surface area contributed by atoms with Crippen LogP contribution in [-0.2, 0) is 13.1 Å². The van der Waals surface area contributed by atoms with Crippen LogP contribution in [-0.4, -0.2) is 46.4 Å². The van der Waals surface area contributed by atoms with E-state index in [1.807, 2.05) is 16.9 Å². The molecule has 0 radical (unpaired) electrons. The monoisotopic (exact) mass is 221 g/mol. The first kappa shape index (κ1) is 9.65. The molecule has 2 aliphatic heterocycles. The van der Waals surface area contributed by atoms with E-state index in [-0.39, 0.29) is 11.6 Å². The molecule has 3 heterocycles. The second kappa shape index (κ2) is 3.21. The van der Waals surface area contributed by atoms with Crippen molar-refractivity contribution in [2.45, 2.75) is 18.6 Å². The zero-order valence-electron chi connectivity index (χ0n) is 9.23. The summed E-state index contributed by atoms with van der Waals surface area (Å²) in [5.41, 5.74) is 0.976. The first-order valence-electron chi connectivity index (χ1n) is 5.42. The lowest BCUT2D eigenvalue weighted by molar-refractivity contribution is 0.219. The Hall–Kier alpha value is -1.56. The number of amides is 2. The minimum atomic E-state index is -0.219. The van der Waals surface area contributed by atoms with E-state index < -0.39 is 0 Å². The number of aromatic nitrogens is 2. The molecule has 2 amide bonds. The van der Waals surface area contributed by atoms with E-state index in [4.69, 9.17) is 0 Å². The molecule has 3 rings (SSSR count). The minimum Gasteiger partial charge on any atom is -0.336 e. The van der Waals surface area contributed by atoms with Crippen molar-refractivity contribution in [3.05, 3.63) is 18.0 Å². The third-order valence-corrected chi connectivity index (χ3v) is 3.23. The molecule has 2 aliphatic rings. The van der Waals surface area contributed by atoms with Gasteiger partial charge in [0.2, 0.25) is 0 Å². The topological polar surface area (TPSA) is 62.2 Å². The summed E-state index contributed by atoms with van der Waals surface area (Å²) in [6.45, 7) is 3.11. The van der Waals surface area contributed by atoms with Gasteiger partial charge in [0.05, 0.1) is 17.8 Å². The van der Waals surface area contributed by atoms with Crippen LogP contribution in [0.5, 0.6) is 0 Å². The van der Waals surface area contributed by atoms with Gasteiger partial charge in [0, 0.05) is 25.8 Å². The molecule has 86 valence electrons. The Labute approximate surface area is 93.6 Å². The molecule has 6 heteroatoms. The van der Waals surface area contributed by atoms with Crippen molar-refractivity contribution in [2.24, 2.45) is 0 Å². The number of likely N-dealkylation sites (N-methyl/N-ethyl adjacent to an activating group) is 1. The van der Waals surface area contributed by atoms with Gasteiger partial charge in [0.25, 0.3) is 0 Å². The smallest absolute Gasteiger partial charge is 0.315 e. The maximum Gasteiger partial charge on any atom is 0.315 e. The Kier molecular flexibility index (Phi) is 1.94. The average Bonchev–Trinajstić information content (AvgIpc) is 2.73. The predicted molar refractivity (Wildman–Crippen MR) is 57.8 cm³/mol. The summed E-state index contributed by atoms with van der Waals surface area (Å²) in [5.74, 6) is 0. The van der Waals surface area contributed by atoms with Gasteiger partial charge in [-0.25, -0.2) is 4.79 Å². The molecule has 1 unspecified atom stereocenters. The van der Waals surface area contributed by atoms with Gasteiger partial charge in [-0.05, 0) is 13.1 Å². The van der Waals surface area contributed by atoms with E-state index in [1.165, 1.54) is 5.69 Å². The normalized spacial score (nSPS) is 29.7. The maximum absolute atomic E-state index is 11.3. The molecule has 0 saturated carbocycles. The number of nitrogens with one attached hydrogen (secondary N) is 2. The van der Waals surface area contributed by atoms with Gasteiger partial charge < -0.3 is 10.6 Å². The summed E-state index contributed by atoms with van der Waals surface area (Å²) >= 11 is 0. The van der Waals surface area contributed by atoms with Gasteiger partial charge in [0.1, 0.15) is 0 Å². The second-order valence-corrected chi connectivity index (χ2v) is 4.74. The van der Waals surface area contributed by atoms with Crippen molar-refractivity contribution < 1.29 is 4.79 Å². The molecule has 1 fully saturated rings. The average molecular weight is 221 g/mol. The third-order valence-electron chi connectivity index (χ3n) is 3.23. The Bertz CT molecular complexity index is 429. The third kappa shape index (κ3) is 1.46. The molecule has 1 atom stereocenters. The van der Waals surface area contributed by atoms with Crippen LogP contribution in [0, 0.1) is 0 Å². The number of hydrogen-bond donors (Lipinski definition) is 2. The Morgan fingerprint density at radius 3 is 3.12 bits per heavy atom. The molecule has 0 aromatic carbocycles. The number of rotatable bonds is 0. The predicted octanol–water partition coefficient (Wildman–Crippen LogP) is -0.620. The molecule has 0 bridgehead atoms. The van der Waals surface area contributed by atoms with Gasteiger partial charge in [-0.3, -0.25) is 9.58 Å². The Balaban J connectivity index is 1.95. The van der Waals surface area contributed by atoms with Crippen LogP contribution in [0.4, 0.5) is 4.79 Å². The fraction of sp³-hybridized carbons (Fsp3) is 0.600. The highest BCUT2D eigenvalue weighted by molar-refractivity contribution is 5.77. The SMILES string of the molecule is CN1Cc2ccnn2CC2(CNC(=O)N2)C1. The van der Waals surface area contributed by atoms with Crippen molar-refractivity contribution in [3.8, 4) is 0 Å². The van der Waals surface area contributed by atoms with Crippen molar-refractivity contribution in [1.82, 2.24) is 25.3 Å². The highest BCUT2D eigenvalue weighted by Crippen LogP contribution is 2.19. The second-order valence-electron chi connectivity index (χ2n) is 4.74. The molecule has 1 aromatic rings. The highest BCUT2D eigenvalue weighted by Gasteiger charge is 2.41. The van der Waals surface area contributed by atoms with E-state index in [9.17, 15) is 4.79 Å². The van der Waals surface area contributed by atoms with E-state index in [0.29, 0.717) is 6.54 Å². The lowest BCUT2D eigenvalue weighted by atomic mass is 10.0. The van der Waals surface area contributed by atoms with Crippen molar-refractivity contribution >= 4 is 6.03 Å². The molecular weight excluding hydrogens is 206 g/mol. The lowest BCUT2D eigenvalue weighted by Gasteiger charge is -2.29. The van der Waals surface area contributed by atoms with Crippen LogP contribution in [0.25, 0.3) is 0 Å². The molecule has 16 heavy (non-hydrogen) atoms. The Morgan fingerprint density at radius 2 is 2.38 bits per heavy atom. The summed E-state index contributed by atoms with van der Waals surface area (Å²) in [5, 5.41) is 10.2. The van der Waals surface area contributed by atoms with Crippen LogP contribution >= 0.6 is 0 Å². The zero-order chi connectivity index (χ0) is 11.2. The number of urea groups is 1. The van der Waals surface area contributed by atoms with Gasteiger partial charge in [-0.2, -0.15) is 5.10 Å². The molecule has 6 nitrogen and oxygen atoms in total. The van der Waals surface area contributed by atoms with E-state index >= 15 is 0 Å². The number of fused-ring (bicyclic) bond motifs is 1. The quantitative estimate of drug-likeness (QED) is 0.614. The minimum absolute atomic E-state index is 0.0796. The summed E-state index contributed by atoms with van der Waals surface area (Å²) in [4.78, 5) is 13.5. The molecule has 1 aromatic heterocycles. The van der Waals surface area contributed by atoms with Crippen LogP contribution in [0.1, 0.15) is 5.69 Å². The van der Waals surface area contributed by atoms with Crippen LogP contribution in [0.2, 0.25) is 0 Å². The van der Waals surface area contributed by atoms with Crippen LogP contribution < -0.4 is 10.6 Å². The molecule has 2 N–H and O–H groups in total. The first-order valence-corrected chi connectivity index (χ1v) is 5.42. The van der Waals surface area contributed by atoms with Crippen molar-refractivity contribution in [1.29, 1.82) is 0 Å². The Morgan fingerprint density at radius 1 is 1.50 bits per heavy atom. The number of carbonyl (C=O) groups is 1. The van der Waals surface area contributed by atoms with Crippen molar-refractivity contribution in [3.63, 3.8) is 0 Å². The summed E-state index contributed by atoms with van der Waals surface area (Å²) in [7, 11) is 2.06. The van der Waals surface area contributed by atoms with Crippen LogP contribution in [0.15, 0.2) is 12.3 Å². The molecular formula is C10H15N5O. The lowest BCUT2D eigenvalue weighted by Crippen LogP contribution is -2.53. The van der Waals surface area contributed by atoms with Gasteiger partial charge in [0.15, 0.2) is 0 Å². The molecule has 1 saturated heterocycles. The van der Waals surface area contributed by atoms with E-state index in [0.717, 1.165) is 19.6 Å². The number of carbonyl (C=O) groups excluding carboxylic acids is 1. The van der Waals surface area contributed by atoms with E-state index in [2.05, 4.69) is 27.7 Å². The van der Waals surface area contributed by atoms with Crippen LogP contribution in [0.3, 0.4) is 0 Å². The maximum atomic E-state index is 11.3.